The van der Waals surface area contributed by atoms with E-state index in [1.54, 1.807) is 13.2 Å². The third-order valence-electron chi connectivity index (χ3n) is 10.8. The topological polar surface area (TPSA) is 113 Å². The Bertz CT molecular complexity index is 1820. The van der Waals surface area contributed by atoms with E-state index in [9.17, 15) is 18.0 Å². The molecule has 11 heteroatoms. The number of amides is 2. The van der Waals surface area contributed by atoms with Crippen molar-refractivity contribution in [1.29, 1.82) is 0 Å². The van der Waals surface area contributed by atoms with Crippen molar-refractivity contribution in [1.82, 2.24) is 23.8 Å². The Morgan fingerprint density at radius 1 is 1.02 bits per heavy atom. The number of nitrogens with one attached hydrogen (secondary N) is 2. The Labute approximate surface area is 271 Å². The van der Waals surface area contributed by atoms with Gasteiger partial charge in [0.05, 0.1) is 18.2 Å². The molecule has 3 fully saturated rings. The van der Waals surface area contributed by atoms with Crippen LogP contribution in [0.15, 0.2) is 36.4 Å². The van der Waals surface area contributed by atoms with E-state index in [0.29, 0.717) is 25.6 Å². The van der Waals surface area contributed by atoms with Gasteiger partial charge in [-0.05, 0) is 80.5 Å². The van der Waals surface area contributed by atoms with E-state index in [4.69, 9.17) is 4.74 Å². The van der Waals surface area contributed by atoms with Gasteiger partial charge in [-0.3, -0.25) is 9.59 Å². The third kappa shape index (κ3) is 5.11. The molecule has 46 heavy (non-hydrogen) atoms. The number of methoxy groups -OCH3 is 1. The summed E-state index contributed by atoms with van der Waals surface area (Å²) in [4.78, 5) is 30.1. The molecular formula is C35H45N5O5S. The average Bonchev–Trinajstić information content (AvgIpc) is 3.70. The fourth-order valence-corrected chi connectivity index (χ4v) is 9.03. The van der Waals surface area contributed by atoms with Gasteiger partial charge in [0, 0.05) is 73.8 Å². The van der Waals surface area contributed by atoms with Crippen LogP contribution in [0.5, 0.6) is 5.75 Å². The maximum absolute atomic E-state index is 14.7. The lowest BCUT2D eigenvalue weighted by Gasteiger charge is -2.38. The first-order chi connectivity index (χ1) is 21.9. The second-order valence-electron chi connectivity index (χ2n) is 14.2. The van der Waals surface area contributed by atoms with E-state index in [0.717, 1.165) is 57.0 Å². The van der Waals surface area contributed by atoms with Crippen LogP contribution in [0.25, 0.3) is 22.2 Å². The van der Waals surface area contributed by atoms with Gasteiger partial charge >= 0.3 is 10.2 Å². The summed E-state index contributed by atoms with van der Waals surface area (Å²) in [5, 5.41) is 4.63. The van der Waals surface area contributed by atoms with Crippen LogP contribution in [0.3, 0.4) is 0 Å². The monoisotopic (exact) mass is 647 g/mol. The molecule has 2 aliphatic heterocycles. The molecule has 246 valence electrons. The van der Waals surface area contributed by atoms with Crippen LogP contribution in [-0.4, -0.2) is 80.4 Å². The molecule has 10 nitrogen and oxygen atoms in total. The summed E-state index contributed by atoms with van der Waals surface area (Å²) < 4.78 is 36.3. The lowest BCUT2D eigenvalue weighted by atomic mass is 9.81. The first-order valence-electron chi connectivity index (χ1n) is 16.6. The maximum Gasteiger partial charge on any atom is 0.303 e. The Kier molecular flexibility index (Phi) is 7.72. The van der Waals surface area contributed by atoms with Crippen molar-refractivity contribution in [2.75, 3.05) is 34.3 Å². The Morgan fingerprint density at radius 3 is 2.41 bits per heavy atom. The molecule has 0 spiro atoms. The highest BCUT2D eigenvalue weighted by Crippen LogP contribution is 2.66. The molecule has 4 aliphatic rings. The van der Waals surface area contributed by atoms with Gasteiger partial charge in [-0.15, -0.1) is 0 Å². The van der Waals surface area contributed by atoms with E-state index in [2.05, 4.69) is 45.5 Å². The second kappa shape index (κ2) is 11.4. The fourth-order valence-electron chi connectivity index (χ4n) is 8.50. The van der Waals surface area contributed by atoms with Gasteiger partial charge in [0.2, 0.25) is 5.91 Å². The van der Waals surface area contributed by atoms with E-state index < -0.39 is 21.5 Å². The third-order valence-corrected chi connectivity index (χ3v) is 12.2. The number of hydrogen-bond acceptors (Lipinski definition) is 6. The summed E-state index contributed by atoms with van der Waals surface area (Å²) >= 11 is 0. The Hall–Kier alpha value is -3.41. The molecule has 2 aromatic carbocycles. The first kappa shape index (κ1) is 31.2. The van der Waals surface area contributed by atoms with Crippen molar-refractivity contribution in [3.05, 3.63) is 53.1 Å². The standard InChI is InChI=1S/C35H45N5O5S/c1-21-18-39(19-22(2)36-21)34(42)35-17-29(35)28-16-25(45-5)12-14-26(28)32-31(23-9-7-6-8-10-23)27-13-11-24(15-30(27)40(32)20-35)33(41)37-46(43,44)38(3)4/h11-16,21-23,29,36H,6-10,17-20H2,1-5H3,(H,37,41)/t21-,22+,29?,35?. The second-order valence-corrected chi connectivity index (χ2v) is 16.1. The van der Waals surface area contributed by atoms with Gasteiger partial charge in [0.25, 0.3) is 5.91 Å². The predicted octanol–water partition coefficient (Wildman–Crippen LogP) is 4.60. The molecule has 1 aromatic heterocycles. The normalized spacial score (nSPS) is 26.2. The molecule has 3 aromatic rings. The average molecular weight is 648 g/mol. The minimum absolute atomic E-state index is 0.0523. The molecule has 2 aliphatic carbocycles. The maximum atomic E-state index is 14.7. The van der Waals surface area contributed by atoms with Crippen molar-refractivity contribution < 1.29 is 22.7 Å². The van der Waals surface area contributed by atoms with Gasteiger partial charge in [-0.1, -0.05) is 25.3 Å². The molecule has 2 amide bonds. The number of nitrogens with zero attached hydrogens (tertiary/aromatic N) is 3. The van der Waals surface area contributed by atoms with Gasteiger partial charge in [-0.2, -0.15) is 12.7 Å². The fraction of sp³-hybridized carbons (Fsp3) is 0.543. The summed E-state index contributed by atoms with van der Waals surface area (Å²) in [6.07, 6.45) is 6.48. The molecule has 2 unspecified atom stereocenters. The summed E-state index contributed by atoms with van der Waals surface area (Å²) in [7, 11) is 0.488. The van der Waals surface area contributed by atoms with E-state index in [1.807, 2.05) is 18.2 Å². The van der Waals surface area contributed by atoms with Crippen LogP contribution >= 0.6 is 0 Å². The van der Waals surface area contributed by atoms with Crippen molar-refractivity contribution >= 4 is 32.9 Å². The largest absolute Gasteiger partial charge is 0.497 e. The molecule has 1 saturated heterocycles. The van der Waals surface area contributed by atoms with Crippen molar-refractivity contribution in [2.24, 2.45) is 5.41 Å². The smallest absolute Gasteiger partial charge is 0.303 e. The molecule has 0 radical (unpaired) electrons. The SMILES string of the molecule is COc1ccc2c(c1)C1CC1(C(=O)N1C[C@@H](C)N[C@@H](C)C1)Cn1c-2c(C2CCCCC2)c2ccc(C(=O)NS(=O)(=O)N(C)C)cc21. The molecule has 2 saturated carbocycles. The molecular weight excluding hydrogens is 602 g/mol. The molecule has 7 rings (SSSR count). The molecule has 3 heterocycles. The van der Waals surface area contributed by atoms with Crippen molar-refractivity contribution in [3.63, 3.8) is 0 Å². The van der Waals surface area contributed by atoms with Crippen LogP contribution in [0.4, 0.5) is 0 Å². The zero-order chi connectivity index (χ0) is 32.5. The number of carbonyl (C=O) groups excluding carboxylic acids is 2. The number of fused-ring (bicyclic) bond motifs is 7. The number of piperazine rings is 1. The zero-order valence-corrected chi connectivity index (χ0v) is 28.2. The van der Waals surface area contributed by atoms with E-state index in [-0.39, 0.29) is 29.5 Å². The van der Waals surface area contributed by atoms with E-state index >= 15 is 0 Å². The predicted molar refractivity (Wildman–Crippen MR) is 178 cm³/mol. The van der Waals surface area contributed by atoms with Crippen LogP contribution < -0.4 is 14.8 Å². The number of hydrogen-bond donors (Lipinski definition) is 2. The van der Waals surface area contributed by atoms with Crippen LogP contribution in [0.2, 0.25) is 0 Å². The zero-order valence-electron chi connectivity index (χ0n) is 27.4. The van der Waals surface area contributed by atoms with Gasteiger partial charge in [0.1, 0.15) is 5.75 Å². The highest BCUT2D eigenvalue weighted by Gasteiger charge is 2.64. The van der Waals surface area contributed by atoms with Crippen LogP contribution in [-0.2, 0) is 21.5 Å². The lowest BCUT2D eigenvalue weighted by Crippen LogP contribution is -2.57. The summed E-state index contributed by atoms with van der Waals surface area (Å²) in [5.41, 5.74) is 5.20. The minimum Gasteiger partial charge on any atom is -0.497 e. The number of benzene rings is 2. The lowest BCUT2D eigenvalue weighted by molar-refractivity contribution is -0.139. The molecule has 2 N–H and O–H groups in total. The Balaban J connectivity index is 1.43. The Morgan fingerprint density at radius 2 is 1.74 bits per heavy atom. The molecule has 0 bridgehead atoms. The van der Waals surface area contributed by atoms with Gasteiger partial charge in [0.15, 0.2) is 0 Å². The van der Waals surface area contributed by atoms with E-state index in [1.165, 1.54) is 38.9 Å². The minimum atomic E-state index is -3.97. The number of rotatable bonds is 6. The molecule has 4 atom stereocenters. The van der Waals surface area contributed by atoms with Crippen LogP contribution in [0.1, 0.15) is 85.7 Å². The number of aromatic nitrogens is 1. The van der Waals surface area contributed by atoms with Gasteiger partial charge < -0.3 is 19.5 Å². The van der Waals surface area contributed by atoms with Crippen molar-refractivity contribution in [2.45, 2.75) is 82.8 Å². The van der Waals surface area contributed by atoms with Crippen LogP contribution in [0, 0.1) is 5.41 Å². The first-order valence-corrected chi connectivity index (χ1v) is 18.0. The number of ether oxygens (including phenoxy) is 1. The number of carbonyl (C=O) groups is 2. The summed E-state index contributed by atoms with van der Waals surface area (Å²) in [6.45, 7) is 6.09. The van der Waals surface area contributed by atoms with Crippen molar-refractivity contribution in [3.8, 4) is 17.0 Å². The highest BCUT2D eigenvalue weighted by molar-refractivity contribution is 7.87. The van der Waals surface area contributed by atoms with Gasteiger partial charge in [-0.25, -0.2) is 4.72 Å². The highest BCUT2D eigenvalue weighted by atomic mass is 32.2. The quantitative estimate of drug-likeness (QED) is 0.405. The summed E-state index contributed by atoms with van der Waals surface area (Å²) in [5.74, 6) is 0.694. The summed E-state index contributed by atoms with van der Waals surface area (Å²) in [6, 6.07) is 12.2.